The minimum absolute atomic E-state index is 0.0259. The third-order valence-electron chi connectivity index (χ3n) is 3.43. The first kappa shape index (κ1) is 16.2. The van der Waals surface area contributed by atoms with Crippen LogP contribution in [0.15, 0.2) is 24.4 Å². The topological polar surface area (TPSA) is 130 Å². The van der Waals surface area contributed by atoms with E-state index in [2.05, 4.69) is 10.3 Å². The van der Waals surface area contributed by atoms with Crippen LogP contribution >= 0.6 is 11.3 Å². The number of thiophene rings is 1. The Morgan fingerprint density at radius 3 is 2.79 bits per heavy atom. The zero-order valence-electron chi connectivity index (χ0n) is 12.7. The van der Waals surface area contributed by atoms with Gasteiger partial charge in [0.1, 0.15) is 11.1 Å². The van der Waals surface area contributed by atoms with E-state index in [9.17, 15) is 9.59 Å². The van der Waals surface area contributed by atoms with Crippen molar-refractivity contribution in [3.63, 3.8) is 0 Å². The molecular weight excluding hydrogens is 332 g/mol. The van der Waals surface area contributed by atoms with Gasteiger partial charge < -0.3 is 20.9 Å². The van der Waals surface area contributed by atoms with Gasteiger partial charge >= 0.3 is 6.03 Å². The molecule has 1 aliphatic rings. The molecule has 3 amide bonds. The van der Waals surface area contributed by atoms with E-state index < -0.39 is 11.9 Å². The highest BCUT2D eigenvalue weighted by molar-refractivity contribution is 7.20. The zero-order chi connectivity index (χ0) is 17.1. The van der Waals surface area contributed by atoms with Crippen LogP contribution in [0.25, 0.3) is 10.4 Å². The van der Waals surface area contributed by atoms with Crippen molar-refractivity contribution >= 4 is 28.3 Å². The standard InChI is InChI=1S/C15H16N4O4S/c16-13(20)10-5-11(24-14(10)19-15(17)21)8-1-2-12(18-6-8)23-9-3-4-22-7-9/h1-2,5-6,9H,3-4,7H2,(H2,16,20)(H3,17,19,21). The van der Waals surface area contributed by atoms with Crippen LogP contribution in [0, 0.1) is 0 Å². The molecule has 0 spiro atoms. The van der Waals surface area contributed by atoms with Crippen LogP contribution in [0.2, 0.25) is 0 Å². The van der Waals surface area contributed by atoms with Gasteiger partial charge in [0.2, 0.25) is 5.88 Å². The van der Waals surface area contributed by atoms with Crippen molar-refractivity contribution < 1.29 is 19.1 Å². The number of carbonyl (C=O) groups is 2. The van der Waals surface area contributed by atoms with Gasteiger partial charge in [-0.2, -0.15) is 0 Å². The van der Waals surface area contributed by atoms with Crippen LogP contribution in [0.1, 0.15) is 16.8 Å². The Hall–Kier alpha value is -2.65. The average Bonchev–Trinajstić information content (AvgIpc) is 3.17. The van der Waals surface area contributed by atoms with Gasteiger partial charge in [-0.15, -0.1) is 11.3 Å². The number of nitrogens with zero attached hydrogens (tertiary/aromatic N) is 1. The number of anilines is 1. The predicted molar refractivity (Wildman–Crippen MR) is 89.1 cm³/mol. The lowest BCUT2D eigenvalue weighted by Crippen LogP contribution is -2.21. The van der Waals surface area contributed by atoms with Gasteiger partial charge in [0.25, 0.3) is 5.91 Å². The van der Waals surface area contributed by atoms with Gasteiger partial charge in [-0.1, -0.05) is 0 Å². The number of pyridine rings is 1. The number of nitrogens with one attached hydrogen (secondary N) is 1. The number of primary amides is 2. The quantitative estimate of drug-likeness (QED) is 0.755. The molecule has 24 heavy (non-hydrogen) atoms. The maximum atomic E-state index is 11.5. The van der Waals surface area contributed by atoms with Gasteiger partial charge in [0.15, 0.2) is 0 Å². The van der Waals surface area contributed by atoms with E-state index >= 15 is 0 Å². The summed E-state index contributed by atoms with van der Waals surface area (Å²) in [5.74, 6) is -0.133. The van der Waals surface area contributed by atoms with Gasteiger partial charge in [0.05, 0.1) is 18.8 Å². The second-order valence-electron chi connectivity index (χ2n) is 5.20. The molecular formula is C15H16N4O4S. The van der Waals surface area contributed by atoms with Crippen molar-refractivity contribution in [2.75, 3.05) is 18.5 Å². The molecule has 1 fully saturated rings. The summed E-state index contributed by atoms with van der Waals surface area (Å²) >= 11 is 1.19. The summed E-state index contributed by atoms with van der Waals surface area (Å²) in [7, 11) is 0. The monoisotopic (exact) mass is 348 g/mol. The number of hydrogen-bond acceptors (Lipinski definition) is 6. The lowest BCUT2D eigenvalue weighted by molar-refractivity contribution is 0.100. The molecule has 0 aliphatic carbocycles. The molecule has 9 heteroatoms. The normalized spacial score (nSPS) is 16.8. The minimum atomic E-state index is -0.758. The van der Waals surface area contributed by atoms with Gasteiger partial charge in [-0.3, -0.25) is 10.1 Å². The second-order valence-corrected chi connectivity index (χ2v) is 6.25. The summed E-state index contributed by atoms with van der Waals surface area (Å²) in [5, 5.41) is 2.72. The van der Waals surface area contributed by atoms with Crippen LogP contribution in [-0.2, 0) is 4.74 Å². The first-order valence-corrected chi connectivity index (χ1v) is 8.05. The molecule has 1 aliphatic heterocycles. The fraction of sp³-hybridized carbons (Fsp3) is 0.267. The Labute approximate surface area is 141 Å². The first-order valence-electron chi connectivity index (χ1n) is 7.24. The number of amides is 3. The Morgan fingerprint density at radius 2 is 2.21 bits per heavy atom. The molecule has 1 atom stereocenters. The summed E-state index contributed by atoms with van der Waals surface area (Å²) in [4.78, 5) is 27.5. The van der Waals surface area contributed by atoms with Crippen LogP contribution in [0.3, 0.4) is 0 Å². The molecule has 126 valence electrons. The third kappa shape index (κ3) is 3.63. The SMILES string of the molecule is NC(=O)Nc1sc(-c2ccc(OC3CCOC3)nc2)cc1C(N)=O. The van der Waals surface area contributed by atoms with Gasteiger partial charge in [0, 0.05) is 29.1 Å². The molecule has 0 aromatic carbocycles. The Balaban J connectivity index is 1.80. The number of ether oxygens (including phenoxy) is 2. The van der Waals surface area contributed by atoms with Gasteiger partial charge in [-0.05, 0) is 12.1 Å². The average molecular weight is 348 g/mol. The van der Waals surface area contributed by atoms with Crippen molar-refractivity contribution in [1.29, 1.82) is 0 Å². The van der Waals surface area contributed by atoms with E-state index in [1.54, 1.807) is 18.3 Å². The Morgan fingerprint density at radius 1 is 1.38 bits per heavy atom. The van der Waals surface area contributed by atoms with E-state index in [0.29, 0.717) is 24.1 Å². The van der Waals surface area contributed by atoms with Crippen molar-refractivity contribution in [2.45, 2.75) is 12.5 Å². The molecule has 0 bridgehead atoms. The predicted octanol–water partition coefficient (Wildman–Crippen LogP) is 1.57. The number of rotatable bonds is 5. The fourth-order valence-electron chi connectivity index (χ4n) is 2.29. The molecule has 0 radical (unpaired) electrons. The van der Waals surface area contributed by atoms with E-state index in [4.69, 9.17) is 20.9 Å². The number of urea groups is 1. The fourth-order valence-corrected chi connectivity index (χ4v) is 3.35. The molecule has 5 N–H and O–H groups in total. The molecule has 3 heterocycles. The second kappa shape index (κ2) is 6.85. The molecule has 1 unspecified atom stereocenters. The lowest BCUT2D eigenvalue weighted by Gasteiger charge is -2.10. The summed E-state index contributed by atoms with van der Waals surface area (Å²) in [6, 6.07) is 4.41. The summed E-state index contributed by atoms with van der Waals surface area (Å²) in [6.07, 6.45) is 2.51. The zero-order valence-corrected chi connectivity index (χ0v) is 13.5. The van der Waals surface area contributed by atoms with Crippen LogP contribution in [0.4, 0.5) is 9.80 Å². The highest BCUT2D eigenvalue weighted by Gasteiger charge is 2.19. The Kier molecular flexibility index (Phi) is 4.63. The lowest BCUT2D eigenvalue weighted by atomic mass is 10.2. The van der Waals surface area contributed by atoms with E-state index in [0.717, 1.165) is 16.9 Å². The maximum absolute atomic E-state index is 11.5. The summed E-state index contributed by atoms with van der Waals surface area (Å²) < 4.78 is 11.0. The van der Waals surface area contributed by atoms with Crippen molar-refractivity contribution in [3.8, 4) is 16.3 Å². The molecule has 3 rings (SSSR count). The highest BCUT2D eigenvalue weighted by Crippen LogP contribution is 2.35. The summed E-state index contributed by atoms with van der Waals surface area (Å²) in [5.41, 5.74) is 11.4. The van der Waals surface area contributed by atoms with Gasteiger partial charge in [-0.25, -0.2) is 9.78 Å². The van der Waals surface area contributed by atoms with Crippen LogP contribution < -0.4 is 21.5 Å². The highest BCUT2D eigenvalue weighted by atomic mass is 32.1. The molecule has 2 aromatic heterocycles. The molecule has 2 aromatic rings. The van der Waals surface area contributed by atoms with Crippen molar-refractivity contribution in [1.82, 2.24) is 4.98 Å². The summed E-state index contributed by atoms with van der Waals surface area (Å²) in [6.45, 7) is 1.27. The van der Waals surface area contributed by atoms with Crippen LogP contribution in [0.5, 0.6) is 5.88 Å². The van der Waals surface area contributed by atoms with E-state index in [1.807, 2.05) is 6.07 Å². The first-order chi connectivity index (χ1) is 11.5. The smallest absolute Gasteiger partial charge is 0.317 e. The number of hydrogen-bond donors (Lipinski definition) is 3. The molecule has 0 saturated carbocycles. The Bertz CT molecular complexity index is 753. The van der Waals surface area contributed by atoms with E-state index in [-0.39, 0.29) is 11.7 Å². The molecule has 1 saturated heterocycles. The number of carbonyl (C=O) groups excluding carboxylic acids is 2. The maximum Gasteiger partial charge on any atom is 0.317 e. The molecule has 8 nitrogen and oxygen atoms in total. The number of aromatic nitrogens is 1. The number of nitrogens with two attached hydrogens (primary N) is 2. The van der Waals surface area contributed by atoms with E-state index in [1.165, 1.54) is 11.3 Å². The minimum Gasteiger partial charge on any atom is -0.472 e. The third-order valence-corrected chi connectivity index (χ3v) is 4.53. The largest absolute Gasteiger partial charge is 0.472 e. The van der Waals surface area contributed by atoms with Crippen molar-refractivity contribution in [2.24, 2.45) is 11.5 Å². The van der Waals surface area contributed by atoms with Crippen LogP contribution in [-0.4, -0.2) is 36.2 Å². The van der Waals surface area contributed by atoms with Crippen molar-refractivity contribution in [3.05, 3.63) is 30.0 Å².